The summed E-state index contributed by atoms with van der Waals surface area (Å²) in [5.74, 6) is 0. The zero-order valence-corrected chi connectivity index (χ0v) is 14.6. The van der Waals surface area contributed by atoms with Crippen LogP contribution in [0.3, 0.4) is 0 Å². The number of carbonyl (C=O) groups is 1. The number of rotatable bonds is 5. The lowest BCUT2D eigenvalue weighted by molar-refractivity contribution is 0.0490. The van der Waals surface area contributed by atoms with Gasteiger partial charge in [-0.25, -0.2) is 4.79 Å². The van der Waals surface area contributed by atoms with Crippen LogP contribution in [0, 0.1) is 0 Å². The molecule has 0 heterocycles. The molecule has 0 bridgehead atoms. The molecule has 0 aromatic heterocycles. The van der Waals surface area contributed by atoms with Gasteiger partial charge in [-0.05, 0) is 65.0 Å². The molecule has 1 aliphatic carbocycles. The topological polar surface area (TPSA) is 50.4 Å². The van der Waals surface area contributed by atoms with Crippen LogP contribution >= 0.6 is 0 Å². The van der Waals surface area contributed by atoms with Crippen molar-refractivity contribution in [3.63, 3.8) is 0 Å². The molecule has 1 saturated carbocycles. The van der Waals surface area contributed by atoms with Crippen molar-refractivity contribution in [3.8, 4) is 0 Å². The van der Waals surface area contributed by atoms with Gasteiger partial charge in [-0.15, -0.1) is 0 Å². The first-order valence-corrected chi connectivity index (χ1v) is 8.69. The fourth-order valence-electron chi connectivity index (χ4n) is 2.98. The molecule has 4 nitrogen and oxygen atoms in total. The number of hydrogen-bond donors (Lipinski definition) is 2. The monoisotopic (exact) mass is 318 g/mol. The van der Waals surface area contributed by atoms with Crippen molar-refractivity contribution in [3.05, 3.63) is 35.9 Å². The van der Waals surface area contributed by atoms with E-state index in [-0.39, 0.29) is 12.1 Å². The molecule has 1 aromatic rings. The Labute approximate surface area is 140 Å². The first kappa shape index (κ1) is 17.8. The molecule has 0 unspecified atom stereocenters. The molecule has 0 atom stereocenters. The Balaban J connectivity index is 1.61. The number of hydrogen-bond acceptors (Lipinski definition) is 3. The Kier molecular flexibility index (Phi) is 6.46. The maximum Gasteiger partial charge on any atom is 0.407 e. The Morgan fingerprint density at radius 3 is 2.30 bits per heavy atom. The Morgan fingerprint density at radius 1 is 1.09 bits per heavy atom. The van der Waals surface area contributed by atoms with E-state index in [4.69, 9.17) is 4.74 Å². The molecule has 2 rings (SSSR count). The van der Waals surface area contributed by atoms with Crippen LogP contribution in [0.5, 0.6) is 0 Å². The van der Waals surface area contributed by atoms with E-state index in [1.807, 2.05) is 20.8 Å². The van der Waals surface area contributed by atoms with Crippen LogP contribution in [0.15, 0.2) is 30.3 Å². The number of amides is 1. The van der Waals surface area contributed by atoms with Gasteiger partial charge in [0.15, 0.2) is 0 Å². The van der Waals surface area contributed by atoms with Crippen LogP contribution in [-0.2, 0) is 11.2 Å². The van der Waals surface area contributed by atoms with Crippen molar-refractivity contribution in [2.24, 2.45) is 0 Å². The van der Waals surface area contributed by atoms with Gasteiger partial charge in [0.05, 0.1) is 0 Å². The molecule has 0 radical (unpaired) electrons. The molecular weight excluding hydrogens is 288 g/mol. The zero-order valence-electron chi connectivity index (χ0n) is 14.6. The molecule has 128 valence electrons. The summed E-state index contributed by atoms with van der Waals surface area (Å²) >= 11 is 0. The highest BCUT2D eigenvalue weighted by atomic mass is 16.6. The van der Waals surface area contributed by atoms with Crippen molar-refractivity contribution in [1.82, 2.24) is 10.6 Å². The summed E-state index contributed by atoms with van der Waals surface area (Å²) in [4.78, 5) is 11.8. The first-order chi connectivity index (χ1) is 10.9. The lowest BCUT2D eigenvalue weighted by Gasteiger charge is -2.30. The van der Waals surface area contributed by atoms with E-state index >= 15 is 0 Å². The molecule has 0 spiro atoms. The highest BCUT2D eigenvalue weighted by Gasteiger charge is 2.24. The fraction of sp³-hybridized carbons (Fsp3) is 0.632. The Hall–Kier alpha value is -1.55. The van der Waals surface area contributed by atoms with Gasteiger partial charge in [0.1, 0.15) is 5.60 Å². The van der Waals surface area contributed by atoms with Crippen LogP contribution in [0.2, 0.25) is 0 Å². The summed E-state index contributed by atoms with van der Waals surface area (Å²) in [7, 11) is 0. The number of ether oxygens (including phenoxy) is 1. The van der Waals surface area contributed by atoms with Crippen molar-refractivity contribution in [1.29, 1.82) is 0 Å². The minimum Gasteiger partial charge on any atom is -0.444 e. The molecule has 2 N–H and O–H groups in total. The quantitative estimate of drug-likeness (QED) is 0.871. The van der Waals surface area contributed by atoms with E-state index in [2.05, 4.69) is 41.0 Å². The van der Waals surface area contributed by atoms with Gasteiger partial charge < -0.3 is 15.4 Å². The molecule has 1 aliphatic rings. The average Bonchev–Trinajstić information content (AvgIpc) is 2.48. The van der Waals surface area contributed by atoms with E-state index in [1.54, 1.807) is 0 Å². The fourth-order valence-corrected chi connectivity index (χ4v) is 2.98. The smallest absolute Gasteiger partial charge is 0.407 e. The second-order valence-electron chi connectivity index (χ2n) is 7.38. The third kappa shape index (κ3) is 7.04. The average molecular weight is 318 g/mol. The summed E-state index contributed by atoms with van der Waals surface area (Å²) in [6.07, 6.45) is 5.02. The summed E-state index contributed by atoms with van der Waals surface area (Å²) in [6.45, 7) is 6.68. The minimum atomic E-state index is -0.430. The summed E-state index contributed by atoms with van der Waals surface area (Å²) in [6, 6.07) is 11.4. The van der Waals surface area contributed by atoms with Crippen molar-refractivity contribution < 1.29 is 9.53 Å². The van der Waals surface area contributed by atoms with Gasteiger partial charge in [0, 0.05) is 12.1 Å². The Bertz CT molecular complexity index is 474. The van der Waals surface area contributed by atoms with Crippen molar-refractivity contribution in [2.75, 3.05) is 6.54 Å². The van der Waals surface area contributed by atoms with E-state index in [9.17, 15) is 4.79 Å². The lowest BCUT2D eigenvalue weighted by atomic mass is 9.91. The van der Waals surface area contributed by atoms with Crippen molar-refractivity contribution >= 4 is 6.09 Å². The predicted octanol–water partition coefficient (Wildman–Crippen LogP) is 3.65. The van der Waals surface area contributed by atoms with Crippen LogP contribution in [0.25, 0.3) is 0 Å². The summed E-state index contributed by atoms with van der Waals surface area (Å²) < 4.78 is 5.32. The lowest BCUT2D eigenvalue weighted by Crippen LogP contribution is -2.44. The molecular formula is C19H30N2O2. The standard InChI is InChI=1S/C19H30N2O2/c1-19(2,3)23-18(22)21-17-11-9-16(10-12-17)20-14-13-15-7-5-4-6-8-15/h4-8,16-17,20H,9-14H2,1-3H3,(H,21,22). The molecule has 0 saturated heterocycles. The third-order valence-corrected chi connectivity index (χ3v) is 4.14. The van der Waals surface area contributed by atoms with Crippen LogP contribution in [0.4, 0.5) is 4.79 Å². The van der Waals surface area contributed by atoms with Gasteiger partial charge in [-0.3, -0.25) is 0 Å². The molecule has 1 amide bonds. The van der Waals surface area contributed by atoms with E-state index in [0.717, 1.165) is 38.6 Å². The highest BCUT2D eigenvalue weighted by molar-refractivity contribution is 5.68. The van der Waals surface area contributed by atoms with E-state index < -0.39 is 5.60 Å². The summed E-state index contributed by atoms with van der Waals surface area (Å²) in [5.41, 5.74) is 0.945. The highest BCUT2D eigenvalue weighted by Crippen LogP contribution is 2.19. The van der Waals surface area contributed by atoms with Gasteiger partial charge in [0.2, 0.25) is 0 Å². The second-order valence-corrected chi connectivity index (χ2v) is 7.38. The van der Waals surface area contributed by atoms with E-state index in [0.29, 0.717) is 6.04 Å². The first-order valence-electron chi connectivity index (χ1n) is 8.69. The molecule has 23 heavy (non-hydrogen) atoms. The maximum atomic E-state index is 11.8. The minimum absolute atomic E-state index is 0.247. The molecule has 0 aliphatic heterocycles. The van der Waals surface area contributed by atoms with Crippen LogP contribution < -0.4 is 10.6 Å². The number of nitrogens with one attached hydrogen (secondary N) is 2. The maximum absolute atomic E-state index is 11.8. The third-order valence-electron chi connectivity index (χ3n) is 4.14. The van der Waals surface area contributed by atoms with E-state index in [1.165, 1.54) is 5.56 Å². The normalized spacial score (nSPS) is 21.7. The van der Waals surface area contributed by atoms with Gasteiger partial charge in [-0.1, -0.05) is 30.3 Å². The zero-order chi connectivity index (χ0) is 16.7. The van der Waals surface area contributed by atoms with Crippen molar-refractivity contribution in [2.45, 2.75) is 70.6 Å². The van der Waals surface area contributed by atoms with Gasteiger partial charge in [0.25, 0.3) is 0 Å². The number of benzene rings is 1. The Morgan fingerprint density at radius 2 is 1.70 bits per heavy atom. The largest absolute Gasteiger partial charge is 0.444 e. The van der Waals surface area contributed by atoms with Crippen LogP contribution in [-0.4, -0.2) is 30.3 Å². The van der Waals surface area contributed by atoms with Gasteiger partial charge >= 0.3 is 6.09 Å². The van der Waals surface area contributed by atoms with Gasteiger partial charge in [-0.2, -0.15) is 0 Å². The SMILES string of the molecule is CC(C)(C)OC(=O)NC1CCC(NCCc2ccccc2)CC1. The predicted molar refractivity (Wildman–Crippen MR) is 93.6 cm³/mol. The summed E-state index contributed by atoms with van der Waals surface area (Å²) in [5, 5.41) is 6.63. The molecule has 1 fully saturated rings. The van der Waals surface area contributed by atoms with Crippen LogP contribution in [0.1, 0.15) is 52.0 Å². The molecule has 1 aromatic carbocycles. The number of alkyl carbamates (subject to hydrolysis) is 1. The second kappa shape index (κ2) is 8.34. The number of carbonyl (C=O) groups excluding carboxylic acids is 1. The molecule has 4 heteroatoms.